The van der Waals surface area contributed by atoms with Crippen molar-refractivity contribution in [3.8, 4) is 11.3 Å². The molecule has 28 heavy (non-hydrogen) atoms. The fourth-order valence-electron chi connectivity index (χ4n) is 3.64. The van der Waals surface area contributed by atoms with Crippen LogP contribution in [0.4, 0.5) is 0 Å². The number of hydrogen-bond acceptors (Lipinski definition) is 4. The number of halogens is 1. The largest absolute Gasteiger partial charge is 0.360 e. The average molecular weight is 421 g/mol. The van der Waals surface area contributed by atoms with E-state index in [-0.39, 0.29) is 5.91 Å². The lowest BCUT2D eigenvalue weighted by molar-refractivity contribution is 0.0942. The zero-order chi connectivity index (χ0) is 20.3. The fourth-order valence-corrected chi connectivity index (χ4v) is 4.07. The summed E-state index contributed by atoms with van der Waals surface area (Å²) in [5.74, 6) is 1.20. The van der Waals surface area contributed by atoms with Gasteiger partial charge < -0.3 is 9.84 Å². The summed E-state index contributed by atoms with van der Waals surface area (Å²) in [7, 11) is 0. The number of hydrazine groups is 1. The molecule has 1 aliphatic rings. The lowest BCUT2D eigenvalue weighted by Gasteiger charge is -2.35. The number of nitrogens with zero attached hydrogens (tertiary/aromatic N) is 1. The maximum absolute atomic E-state index is 12.7. The first-order valence-electron chi connectivity index (χ1n) is 9.46. The van der Waals surface area contributed by atoms with Crippen LogP contribution in [0.3, 0.4) is 0 Å². The Morgan fingerprint density at radius 3 is 2.75 bits per heavy atom. The van der Waals surface area contributed by atoms with Crippen molar-refractivity contribution in [1.82, 2.24) is 21.3 Å². The highest BCUT2D eigenvalue weighted by atomic mass is 35.5. The van der Waals surface area contributed by atoms with Crippen molar-refractivity contribution in [3.63, 3.8) is 0 Å². The molecule has 1 aromatic heterocycles. The second-order valence-electron chi connectivity index (χ2n) is 7.37. The zero-order valence-corrected chi connectivity index (χ0v) is 17.8. The van der Waals surface area contributed by atoms with Gasteiger partial charge in [0.05, 0.1) is 5.02 Å². The molecule has 1 aromatic carbocycles. The minimum absolute atomic E-state index is 0.302. The summed E-state index contributed by atoms with van der Waals surface area (Å²) in [6.45, 7) is 6.19. The van der Waals surface area contributed by atoms with Crippen LogP contribution in [0.25, 0.3) is 11.3 Å². The molecule has 3 rings (SSSR count). The normalized spacial score (nSPS) is 21.8. The van der Waals surface area contributed by atoms with Gasteiger partial charge in [-0.2, -0.15) is 0 Å². The standard InChI is InChI=1S/C20H25ClN4O2S/c1-11-7-6-10-16(12(11)2)22-20(28)24-23-19(26)17-13(3)27-25-18(17)14-8-4-5-9-15(14)21/h4-5,8-9,11-12,16H,6-7,10H2,1-3H3,(H,23,26)(H2,22,24,28)/t11-,12+,16-/m1/s1. The Morgan fingerprint density at radius 2 is 2.00 bits per heavy atom. The quantitative estimate of drug-likeness (QED) is 0.509. The van der Waals surface area contributed by atoms with Crippen LogP contribution in [-0.4, -0.2) is 22.2 Å². The second-order valence-corrected chi connectivity index (χ2v) is 8.18. The predicted molar refractivity (Wildman–Crippen MR) is 114 cm³/mol. The van der Waals surface area contributed by atoms with E-state index < -0.39 is 0 Å². The number of amides is 1. The smallest absolute Gasteiger partial charge is 0.275 e. The van der Waals surface area contributed by atoms with Gasteiger partial charge in [-0.05, 0) is 43.5 Å². The van der Waals surface area contributed by atoms with Gasteiger partial charge in [0.15, 0.2) is 5.11 Å². The van der Waals surface area contributed by atoms with E-state index in [0.717, 1.165) is 6.42 Å². The number of nitrogens with one attached hydrogen (secondary N) is 3. The zero-order valence-electron chi connectivity index (χ0n) is 16.2. The van der Waals surface area contributed by atoms with Crippen molar-refractivity contribution in [2.45, 2.75) is 46.1 Å². The third kappa shape index (κ3) is 4.47. The molecule has 1 aliphatic carbocycles. The van der Waals surface area contributed by atoms with E-state index in [9.17, 15) is 4.79 Å². The number of rotatable bonds is 3. The predicted octanol–water partition coefficient (Wildman–Crippen LogP) is 4.24. The number of hydrogen-bond donors (Lipinski definition) is 3. The van der Waals surface area contributed by atoms with Gasteiger partial charge in [0.1, 0.15) is 17.0 Å². The van der Waals surface area contributed by atoms with Crippen LogP contribution < -0.4 is 16.2 Å². The molecule has 1 saturated carbocycles. The van der Waals surface area contributed by atoms with Crippen molar-refractivity contribution >= 4 is 34.8 Å². The summed E-state index contributed by atoms with van der Waals surface area (Å²) in [4.78, 5) is 12.7. The van der Waals surface area contributed by atoms with Crippen LogP contribution in [0.1, 0.15) is 49.2 Å². The third-order valence-corrected chi connectivity index (χ3v) is 6.08. The van der Waals surface area contributed by atoms with Crippen LogP contribution in [0.15, 0.2) is 28.8 Å². The molecule has 3 N–H and O–H groups in total. The maximum atomic E-state index is 12.7. The monoisotopic (exact) mass is 420 g/mol. The Balaban J connectivity index is 1.65. The SMILES string of the molecule is Cc1onc(-c2ccccc2Cl)c1C(=O)NNC(=S)N[C@@H]1CCC[C@@H](C)[C@@H]1C. The Hall–Kier alpha value is -2.12. The molecule has 0 bridgehead atoms. The van der Waals surface area contributed by atoms with Gasteiger partial charge in [0, 0.05) is 11.6 Å². The van der Waals surface area contributed by atoms with E-state index in [1.54, 1.807) is 19.1 Å². The van der Waals surface area contributed by atoms with Crippen molar-refractivity contribution in [1.29, 1.82) is 0 Å². The van der Waals surface area contributed by atoms with E-state index >= 15 is 0 Å². The first kappa shape index (κ1) is 20.6. The van der Waals surface area contributed by atoms with Crippen LogP contribution in [-0.2, 0) is 0 Å². The molecule has 8 heteroatoms. The minimum Gasteiger partial charge on any atom is -0.360 e. The average Bonchev–Trinajstić information content (AvgIpc) is 3.05. The summed E-state index contributed by atoms with van der Waals surface area (Å²) >= 11 is 11.6. The Bertz CT molecular complexity index is 870. The number of aromatic nitrogens is 1. The van der Waals surface area contributed by atoms with E-state index in [1.807, 2.05) is 12.1 Å². The second kappa shape index (κ2) is 8.92. The summed E-state index contributed by atoms with van der Waals surface area (Å²) < 4.78 is 5.23. The molecule has 1 amide bonds. The summed E-state index contributed by atoms with van der Waals surface area (Å²) in [6, 6.07) is 7.48. The molecule has 0 spiro atoms. The summed E-state index contributed by atoms with van der Waals surface area (Å²) in [5.41, 5.74) is 6.78. The fraction of sp³-hybridized carbons (Fsp3) is 0.450. The highest BCUT2D eigenvalue weighted by Crippen LogP contribution is 2.31. The number of carbonyl (C=O) groups is 1. The number of aryl methyl sites for hydroxylation is 1. The Morgan fingerprint density at radius 1 is 1.25 bits per heavy atom. The molecule has 0 unspecified atom stereocenters. The topological polar surface area (TPSA) is 79.2 Å². The van der Waals surface area contributed by atoms with E-state index in [1.165, 1.54) is 12.8 Å². The van der Waals surface area contributed by atoms with Gasteiger partial charge in [0.25, 0.3) is 5.91 Å². The van der Waals surface area contributed by atoms with Crippen molar-refractivity contribution in [2.24, 2.45) is 11.8 Å². The molecule has 1 heterocycles. The Labute approximate surface area is 175 Å². The molecule has 3 atom stereocenters. The number of thiocarbonyl (C=S) groups is 1. The maximum Gasteiger partial charge on any atom is 0.275 e. The first-order valence-corrected chi connectivity index (χ1v) is 10.2. The molecular formula is C20H25ClN4O2S. The highest BCUT2D eigenvalue weighted by Gasteiger charge is 2.28. The van der Waals surface area contributed by atoms with Crippen LogP contribution in [0, 0.1) is 18.8 Å². The number of benzene rings is 1. The first-order chi connectivity index (χ1) is 13.4. The van der Waals surface area contributed by atoms with Crippen molar-refractivity contribution in [3.05, 3.63) is 40.6 Å². The molecule has 0 aliphatic heterocycles. The molecule has 150 valence electrons. The highest BCUT2D eigenvalue weighted by molar-refractivity contribution is 7.80. The van der Waals surface area contributed by atoms with Crippen LogP contribution in [0.2, 0.25) is 5.02 Å². The van der Waals surface area contributed by atoms with Crippen molar-refractivity contribution < 1.29 is 9.32 Å². The lowest BCUT2D eigenvalue weighted by Crippen LogP contribution is -2.52. The van der Waals surface area contributed by atoms with Gasteiger partial charge in [-0.1, -0.05) is 61.6 Å². The van der Waals surface area contributed by atoms with Gasteiger partial charge in [-0.3, -0.25) is 15.6 Å². The number of carbonyl (C=O) groups excluding carboxylic acids is 1. The molecule has 2 aromatic rings. The van der Waals surface area contributed by atoms with Crippen LogP contribution >= 0.6 is 23.8 Å². The summed E-state index contributed by atoms with van der Waals surface area (Å²) in [5, 5.41) is 8.22. The van der Waals surface area contributed by atoms with E-state index in [2.05, 4.69) is 35.2 Å². The van der Waals surface area contributed by atoms with Gasteiger partial charge in [-0.25, -0.2) is 0 Å². The van der Waals surface area contributed by atoms with Gasteiger partial charge >= 0.3 is 0 Å². The van der Waals surface area contributed by atoms with E-state index in [4.69, 9.17) is 28.3 Å². The minimum atomic E-state index is -0.386. The molecule has 6 nitrogen and oxygen atoms in total. The molecule has 1 fully saturated rings. The molecular weight excluding hydrogens is 396 g/mol. The lowest BCUT2D eigenvalue weighted by atomic mass is 9.78. The Kier molecular flexibility index (Phi) is 6.57. The molecule has 0 saturated heterocycles. The van der Waals surface area contributed by atoms with Gasteiger partial charge in [0.2, 0.25) is 0 Å². The molecule has 0 radical (unpaired) electrons. The summed E-state index contributed by atoms with van der Waals surface area (Å²) in [6.07, 6.45) is 3.50. The third-order valence-electron chi connectivity index (χ3n) is 5.53. The van der Waals surface area contributed by atoms with Gasteiger partial charge in [-0.15, -0.1) is 0 Å². The van der Waals surface area contributed by atoms with Crippen LogP contribution in [0.5, 0.6) is 0 Å². The van der Waals surface area contributed by atoms with E-state index in [0.29, 0.717) is 50.6 Å². The van der Waals surface area contributed by atoms with Crippen molar-refractivity contribution in [2.75, 3.05) is 0 Å².